The summed E-state index contributed by atoms with van der Waals surface area (Å²) in [5.41, 5.74) is 5.59. The predicted octanol–water partition coefficient (Wildman–Crippen LogP) is 1.79. The van der Waals surface area contributed by atoms with E-state index in [-0.39, 0.29) is 0 Å². The van der Waals surface area contributed by atoms with Crippen LogP contribution >= 0.6 is 0 Å². The third-order valence-corrected chi connectivity index (χ3v) is 2.64. The van der Waals surface area contributed by atoms with Crippen molar-refractivity contribution in [1.82, 2.24) is 0 Å². The Labute approximate surface area is 75.5 Å². The molecule has 1 rings (SSSR count). The monoisotopic (exact) mass is 171 g/mol. The summed E-state index contributed by atoms with van der Waals surface area (Å²) in [7, 11) is 0. The molecule has 1 fully saturated rings. The van der Waals surface area contributed by atoms with E-state index in [1.54, 1.807) is 0 Å². The number of rotatable bonds is 3. The van der Waals surface area contributed by atoms with Gasteiger partial charge in [0.2, 0.25) is 0 Å². The second-order valence-corrected chi connectivity index (χ2v) is 4.01. The first-order valence-corrected chi connectivity index (χ1v) is 5.10. The van der Waals surface area contributed by atoms with Gasteiger partial charge in [-0.3, -0.25) is 0 Å². The summed E-state index contributed by atoms with van der Waals surface area (Å²) in [6.45, 7) is 4.97. The van der Waals surface area contributed by atoms with Gasteiger partial charge < -0.3 is 10.5 Å². The van der Waals surface area contributed by atoms with Gasteiger partial charge in [0.1, 0.15) is 0 Å². The zero-order valence-corrected chi connectivity index (χ0v) is 8.09. The summed E-state index contributed by atoms with van der Waals surface area (Å²) in [6.07, 6.45) is 5.16. The summed E-state index contributed by atoms with van der Waals surface area (Å²) < 4.78 is 5.51. The fourth-order valence-corrected chi connectivity index (χ4v) is 1.82. The normalized spacial score (nSPS) is 28.0. The molecule has 72 valence electrons. The van der Waals surface area contributed by atoms with E-state index in [2.05, 4.69) is 6.92 Å². The molecule has 0 saturated carbocycles. The van der Waals surface area contributed by atoms with Gasteiger partial charge in [-0.25, -0.2) is 0 Å². The lowest BCUT2D eigenvalue weighted by molar-refractivity contribution is 0.108. The summed E-state index contributed by atoms with van der Waals surface area (Å²) in [5.74, 6) is 1.43. The molecule has 2 heteroatoms. The number of ether oxygens (including phenoxy) is 1. The first-order valence-electron chi connectivity index (χ1n) is 5.10. The lowest BCUT2D eigenvalue weighted by Gasteiger charge is -2.17. The van der Waals surface area contributed by atoms with Crippen LogP contribution in [0.4, 0.5) is 0 Å². The Hall–Kier alpha value is -0.0800. The third kappa shape index (κ3) is 3.55. The molecule has 0 unspecified atom stereocenters. The van der Waals surface area contributed by atoms with Crippen LogP contribution in [0.15, 0.2) is 0 Å². The molecule has 1 aliphatic rings. The van der Waals surface area contributed by atoms with Crippen LogP contribution in [-0.4, -0.2) is 19.8 Å². The highest BCUT2D eigenvalue weighted by atomic mass is 16.5. The van der Waals surface area contributed by atoms with E-state index in [4.69, 9.17) is 10.5 Å². The molecule has 12 heavy (non-hydrogen) atoms. The van der Waals surface area contributed by atoms with Crippen molar-refractivity contribution in [3.8, 4) is 0 Å². The van der Waals surface area contributed by atoms with Gasteiger partial charge in [-0.2, -0.15) is 0 Å². The molecule has 0 spiro atoms. The molecule has 2 nitrogen and oxygen atoms in total. The number of hydrogen-bond donors (Lipinski definition) is 1. The van der Waals surface area contributed by atoms with Crippen molar-refractivity contribution >= 4 is 0 Å². The van der Waals surface area contributed by atoms with E-state index in [1.165, 1.54) is 25.7 Å². The van der Waals surface area contributed by atoms with Gasteiger partial charge in [0.25, 0.3) is 0 Å². The van der Waals surface area contributed by atoms with E-state index in [1.807, 2.05) is 0 Å². The Kier molecular flexibility index (Phi) is 4.62. The zero-order chi connectivity index (χ0) is 8.81. The van der Waals surface area contributed by atoms with Gasteiger partial charge in [0, 0.05) is 13.2 Å². The minimum atomic E-state index is 0.664. The topological polar surface area (TPSA) is 35.2 Å². The maximum Gasteiger partial charge on any atom is 0.0494 e. The van der Waals surface area contributed by atoms with Crippen LogP contribution in [0.5, 0.6) is 0 Å². The summed E-state index contributed by atoms with van der Waals surface area (Å²) in [5, 5.41) is 0. The average Bonchev–Trinajstić information content (AvgIpc) is 2.33. The van der Waals surface area contributed by atoms with Crippen molar-refractivity contribution in [1.29, 1.82) is 0 Å². The first-order chi connectivity index (χ1) is 5.83. The van der Waals surface area contributed by atoms with Crippen molar-refractivity contribution in [3.05, 3.63) is 0 Å². The fourth-order valence-electron chi connectivity index (χ4n) is 1.82. The summed E-state index contributed by atoms with van der Waals surface area (Å²) >= 11 is 0. The highest BCUT2D eigenvalue weighted by Gasteiger charge is 2.14. The van der Waals surface area contributed by atoms with Gasteiger partial charge >= 0.3 is 0 Å². The van der Waals surface area contributed by atoms with Gasteiger partial charge in [-0.05, 0) is 37.6 Å². The number of hydrogen-bond acceptors (Lipinski definition) is 2. The quantitative estimate of drug-likeness (QED) is 0.702. The molecule has 0 amide bonds. The molecule has 1 saturated heterocycles. The van der Waals surface area contributed by atoms with Crippen molar-refractivity contribution in [3.63, 3.8) is 0 Å². The summed E-state index contributed by atoms with van der Waals surface area (Å²) in [4.78, 5) is 0. The van der Waals surface area contributed by atoms with Crippen LogP contribution in [0.1, 0.15) is 32.6 Å². The molecule has 0 bridgehead atoms. The Morgan fingerprint density at radius 1 is 1.50 bits per heavy atom. The van der Waals surface area contributed by atoms with E-state index in [0.717, 1.165) is 25.7 Å². The zero-order valence-electron chi connectivity index (χ0n) is 8.09. The van der Waals surface area contributed by atoms with Gasteiger partial charge in [-0.15, -0.1) is 0 Å². The smallest absolute Gasteiger partial charge is 0.0494 e. The average molecular weight is 171 g/mol. The molecule has 1 aliphatic heterocycles. The lowest BCUT2D eigenvalue weighted by atomic mass is 9.93. The van der Waals surface area contributed by atoms with E-state index in [9.17, 15) is 0 Å². The molecular formula is C10H21NO. The standard InChI is InChI=1S/C10H21NO/c1-9(7-11)6-10-4-2-3-5-12-8-10/h9-10H,2-8,11H2,1H3/t9-,10+/m0/s1. The van der Waals surface area contributed by atoms with Crippen molar-refractivity contribution in [2.45, 2.75) is 32.6 Å². The predicted molar refractivity (Wildman–Crippen MR) is 51.0 cm³/mol. The van der Waals surface area contributed by atoms with Gasteiger partial charge in [0.05, 0.1) is 0 Å². The lowest BCUT2D eigenvalue weighted by Crippen LogP contribution is -2.17. The molecule has 0 radical (unpaired) electrons. The van der Waals surface area contributed by atoms with Crippen LogP contribution < -0.4 is 5.73 Å². The molecule has 2 N–H and O–H groups in total. The van der Waals surface area contributed by atoms with E-state index < -0.39 is 0 Å². The van der Waals surface area contributed by atoms with Gasteiger partial charge in [0.15, 0.2) is 0 Å². The van der Waals surface area contributed by atoms with Crippen molar-refractivity contribution in [2.75, 3.05) is 19.8 Å². The maximum absolute atomic E-state index is 5.59. The molecule has 0 aromatic heterocycles. The maximum atomic E-state index is 5.59. The molecule has 0 aromatic carbocycles. The van der Waals surface area contributed by atoms with E-state index in [0.29, 0.717) is 5.92 Å². The Morgan fingerprint density at radius 2 is 2.33 bits per heavy atom. The molecule has 0 aliphatic carbocycles. The first kappa shape index (κ1) is 10.0. The van der Waals surface area contributed by atoms with Crippen LogP contribution in [-0.2, 0) is 4.74 Å². The molecule has 2 atom stereocenters. The molecule has 0 aromatic rings. The molecular weight excluding hydrogens is 150 g/mol. The Bertz CT molecular complexity index is 108. The second kappa shape index (κ2) is 5.55. The largest absolute Gasteiger partial charge is 0.381 e. The van der Waals surface area contributed by atoms with Crippen LogP contribution in [0.25, 0.3) is 0 Å². The highest BCUT2D eigenvalue weighted by Crippen LogP contribution is 2.20. The summed E-state index contributed by atoms with van der Waals surface area (Å²) in [6, 6.07) is 0. The molecule has 1 heterocycles. The second-order valence-electron chi connectivity index (χ2n) is 4.01. The number of nitrogens with two attached hydrogens (primary N) is 1. The fraction of sp³-hybridized carbons (Fsp3) is 1.00. The minimum Gasteiger partial charge on any atom is -0.381 e. The Morgan fingerprint density at radius 3 is 3.08 bits per heavy atom. The Balaban J connectivity index is 2.20. The van der Waals surface area contributed by atoms with Crippen molar-refractivity contribution in [2.24, 2.45) is 17.6 Å². The van der Waals surface area contributed by atoms with Crippen LogP contribution in [0, 0.1) is 11.8 Å². The third-order valence-electron chi connectivity index (χ3n) is 2.64. The van der Waals surface area contributed by atoms with E-state index >= 15 is 0 Å². The SMILES string of the molecule is C[C@H](CN)C[C@H]1CCCCOC1. The highest BCUT2D eigenvalue weighted by molar-refractivity contribution is 4.66. The van der Waals surface area contributed by atoms with Crippen LogP contribution in [0.3, 0.4) is 0 Å². The minimum absolute atomic E-state index is 0.664. The van der Waals surface area contributed by atoms with Gasteiger partial charge in [-0.1, -0.05) is 13.3 Å². The van der Waals surface area contributed by atoms with Crippen LogP contribution in [0.2, 0.25) is 0 Å². The van der Waals surface area contributed by atoms with Crippen molar-refractivity contribution < 1.29 is 4.74 Å².